The maximum absolute atomic E-state index is 11.9. The lowest BCUT2D eigenvalue weighted by Crippen LogP contribution is -2.39. The molecule has 0 aliphatic carbocycles. The molecule has 0 aromatic heterocycles. The molecule has 1 aromatic rings. The number of anilines is 1. The van der Waals surface area contributed by atoms with E-state index in [1.54, 1.807) is 24.3 Å². The lowest BCUT2D eigenvalue weighted by Gasteiger charge is -2.16. The van der Waals surface area contributed by atoms with Crippen molar-refractivity contribution in [2.24, 2.45) is 5.84 Å². The number of hydrogen-bond acceptors (Lipinski definition) is 4. The average molecular weight is 235 g/mol. The van der Waals surface area contributed by atoms with Gasteiger partial charge in [0.2, 0.25) is 0 Å². The number of carbonyl (C=O) groups excluding carboxylic acids is 1. The van der Waals surface area contributed by atoms with Crippen LogP contribution in [0.15, 0.2) is 24.3 Å². The highest BCUT2D eigenvalue weighted by molar-refractivity contribution is 5.94. The Morgan fingerprint density at radius 3 is 2.65 bits per heavy atom. The molecule has 1 aliphatic rings. The fourth-order valence-corrected chi connectivity index (χ4v) is 1.89. The van der Waals surface area contributed by atoms with Crippen LogP contribution in [0, 0.1) is 0 Å². The topological polar surface area (TPSA) is 76.4 Å². The molecule has 2 rings (SSSR count). The minimum absolute atomic E-state index is 0.0732. The van der Waals surface area contributed by atoms with Gasteiger partial charge in [-0.2, -0.15) is 0 Å². The number of carbonyl (C=O) groups is 1. The Morgan fingerprint density at radius 1 is 1.41 bits per heavy atom. The van der Waals surface area contributed by atoms with Gasteiger partial charge in [0.05, 0.1) is 12.1 Å². The molecular weight excluding hydrogens is 218 g/mol. The van der Waals surface area contributed by atoms with Gasteiger partial charge in [-0.15, -0.1) is 0 Å². The Hall–Kier alpha value is -1.59. The SMILES string of the molecule is CC1OCCC1NC(=O)c1ccc(NN)cc1. The van der Waals surface area contributed by atoms with Crippen molar-refractivity contribution in [2.45, 2.75) is 25.5 Å². The number of amides is 1. The van der Waals surface area contributed by atoms with E-state index in [4.69, 9.17) is 10.6 Å². The molecule has 1 aliphatic heterocycles. The molecule has 1 aromatic carbocycles. The summed E-state index contributed by atoms with van der Waals surface area (Å²) in [4.78, 5) is 11.9. The molecule has 1 saturated heterocycles. The van der Waals surface area contributed by atoms with Crippen LogP contribution in [0.2, 0.25) is 0 Å². The summed E-state index contributed by atoms with van der Waals surface area (Å²) in [6, 6.07) is 7.12. The quantitative estimate of drug-likeness (QED) is 0.537. The fraction of sp³-hybridized carbons (Fsp3) is 0.417. The molecule has 17 heavy (non-hydrogen) atoms. The van der Waals surface area contributed by atoms with Gasteiger partial charge in [-0.05, 0) is 37.6 Å². The number of hydrazine groups is 1. The first-order valence-corrected chi connectivity index (χ1v) is 5.70. The highest BCUT2D eigenvalue weighted by atomic mass is 16.5. The van der Waals surface area contributed by atoms with Gasteiger partial charge < -0.3 is 15.5 Å². The number of rotatable bonds is 3. The molecule has 0 spiro atoms. The smallest absolute Gasteiger partial charge is 0.251 e. The molecule has 4 N–H and O–H groups in total. The number of nitrogens with one attached hydrogen (secondary N) is 2. The van der Waals surface area contributed by atoms with Gasteiger partial charge in [0.1, 0.15) is 0 Å². The number of nitrogen functional groups attached to an aromatic ring is 1. The van der Waals surface area contributed by atoms with Gasteiger partial charge in [-0.25, -0.2) is 0 Å². The zero-order valence-corrected chi connectivity index (χ0v) is 9.77. The maximum atomic E-state index is 11.9. The Kier molecular flexibility index (Phi) is 3.61. The first kappa shape index (κ1) is 11.9. The van der Waals surface area contributed by atoms with Crippen LogP contribution in [0.1, 0.15) is 23.7 Å². The summed E-state index contributed by atoms with van der Waals surface area (Å²) in [6.07, 6.45) is 0.957. The van der Waals surface area contributed by atoms with Gasteiger partial charge in [-0.3, -0.25) is 10.6 Å². The summed E-state index contributed by atoms with van der Waals surface area (Å²) in [5, 5.41) is 2.97. The van der Waals surface area contributed by atoms with Crippen molar-refractivity contribution in [1.29, 1.82) is 0 Å². The third kappa shape index (κ3) is 2.75. The molecule has 0 bridgehead atoms. The van der Waals surface area contributed by atoms with Gasteiger partial charge in [0.15, 0.2) is 0 Å². The predicted octanol–water partition coefficient (Wildman–Crippen LogP) is 0.879. The minimum atomic E-state index is -0.0732. The van der Waals surface area contributed by atoms with Crippen molar-refractivity contribution < 1.29 is 9.53 Å². The van der Waals surface area contributed by atoms with Gasteiger partial charge >= 0.3 is 0 Å². The van der Waals surface area contributed by atoms with E-state index in [1.807, 2.05) is 6.92 Å². The Bertz CT molecular complexity index is 391. The Morgan fingerprint density at radius 2 is 2.12 bits per heavy atom. The summed E-state index contributed by atoms with van der Waals surface area (Å²) >= 11 is 0. The molecule has 1 heterocycles. The molecular formula is C12H17N3O2. The van der Waals surface area contributed by atoms with Crippen molar-refractivity contribution in [3.63, 3.8) is 0 Å². The van der Waals surface area contributed by atoms with E-state index < -0.39 is 0 Å². The van der Waals surface area contributed by atoms with Crippen LogP contribution in [0.3, 0.4) is 0 Å². The highest BCUT2D eigenvalue weighted by Gasteiger charge is 2.25. The van der Waals surface area contributed by atoms with Gasteiger partial charge in [0, 0.05) is 17.9 Å². The van der Waals surface area contributed by atoms with Crippen molar-refractivity contribution in [3.05, 3.63) is 29.8 Å². The number of ether oxygens (including phenoxy) is 1. The summed E-state index contributed by atoms with van der Waals surface area (Å²) in [6.45, 7) is 2.68. The molecule has 2 unspecified atom stereocenters. The molecule has 2 atom stereocenters. The number of hydrogen-bond donors (Lipinski definition) is 3. The van der Waals surface area contributed by atoms with Crippen molar-refractivity contribution in [3.8, 4) is 0 Å². The molecule has 0 radical (unpaired) electrons. The Labute approximate surface area is 100 Å². The first-order valence-electron chi connectivity index (χ1n) is 5.70. The van der Waals surface area contributed by atoms with Crippen molar-refractivity contribution in [2.75, 3.05) is 12.0 Å². The molecule has 5 heteroatoms. The summed E-state index contributed by atoms with van der Waals surface area (Å²) in [5.74, 6) is 5.19. The zero-order valence-electron chi connectivity index (χ0n) is 9.77. The predicted molar refractivity (Wildman–Crippen MR) is 65.5 cm³/mol. The summed E-state index contributed by atoms with van der Waals surface area (Å²) in [7, 11) is 0. The van der Waals surface area contributed by atoms with Crippen molar-refractivity contribution in [1.82, 2.24) is 5.32 Å². The van der Waals surface area contributed by atoms with Crippen LogP contribution >= 0.6 is 0 Å². The maximum Gasteiger partial charge on any atom is 0.251 e. The van der Waals surface area contributed by atoms with Crippen LogP contribution in [0.25, 0.3) is 0 Å². The van der Waals surface area contributed by atoms with Crippen LogP contribution in [0.5, 0.6) is 0 Å². The number of nitrogens with two attached hydrogens (primary N) is 1. The molecule has 92 valence electrons. The molecule has 0 saturated carbocycles. The third-order valence-electron chi connectivity index (χ3n) is 3.01. The van der Waals surface area contributed by atoms with Gasteiger partial charge in [0.25, 0.3) is 5.91 Å². The normalized spacial score (nSPS) is 23.4. The molecule has 5 nitrogen and oxygen atoms in total. The van der Waals surface area contributed by atoms with Gasteiger partial charge in [-0.1, -0.05) is 0 Å². The van der Waals surface area contributed by atoms with Crippen LogP contribution in [-0.4, -0.2) is 24.7 Å². The van der Waals surface area contributed by atoms with E-state index >= 15 is 0 Å². The standard InChI is InChI=1S/C12H17N3O2/c1-8-11(6-7-17-8)14-12(16)9-2-4-10(15-13)5-3-9/h2-5,8,11,15H,6-7,13H2,1H3,(H,14,16). The fourth-order valence-electron chi connectivity index (χ4n) is 1.89. The van der Waals surface area contributed by atoms with E-state index in [0.717, 1.165) is 12.1 Å². The van der Waals surface area contributed by atoms with E-state index in [9.17, 15) is 4.79 Å². The second kappa shape index (κ2) is 5.16. The van der Waals surface area contributed by atoms with E-state index in [0.29, 0.717) is 12.2 Å². The third-order valence-corrected chi connectivity index (χ3v) is 3.01. The second-order valence-corrected chi connectivity index (χ2v) is 4.17. The summed E-state index contributed by atoms with van der Waals surface area (Å²) < 4.78 is 5.40. The van der Waals surface area contributed by atoms with E-state index in [1.165, 1.54) is 0 Å². The highest BCUT2D eigenvalue weighted by Crippen LogP contribution is 2.14. The molecule has 1 fully saturated rings. The Balaban J connectivity index is 1.99. The largest absolute Gasteiger partial charge is 0.376 e. The first-order chi connectivity index (χ1) is 8.20. The van der Waals surface area contributed by atoms with E-state index in [-0.39, 0.29) is 18.1 Å². The van der Waals surface area contributed by atoms with Crippen LogP contribution in [-0.2, 0) is 4.74 Å². The average Bonchev–Trinajstić information content (AvgIpc) is 2.75. The monoisotopic (exact) mass is 235 g/mol. The lowest BCUT2D eigenvalue weighted by molar-refractivity contribution is 0.0866. The zero-order chi connectivity index (χ0) is 12.3. The van der Waals surface area contributed by atoms with Crippen LogP contribution < -0.4 is 16.6 Å². The minimum Gasteiger partial charge on any atom is -0.376 e. The lowest BCUT2D eigenvalue weighted by atomic mass is 10.1. The second-order valence-electron chi connectivity index (χ2n) is 4.17. The van der Waals surface area contributed by atoms with E-state index in [2.05, 4.69) is 10.7 Å². The number of benzene rings is 1. The van der Waals surface area contributed by atoms with Crippen molar-refractivity contribution >= 4 is 11.6 Å². The molecule has 1 amide bonds. The van der Waals surface area contributed by atoms with Crippen LogP contribution in [0.4, 0.5) is 5.69 Å². The summed E-state index contributed by atoms with van der Waals surface area (Å²) in [5.41, 5.74) is 3.93.